The first-order valence-corrected chi connectivity index (χ1v) is 5.38. The lowest BCUT2D eigenvalue weighted by molar-refractivity contribution is 1.05. The number of aromatic nitrogens is 2. The normalized spacial score (nSPS) is 10.2. The van der Waals surface area contributed by atoms with E-state index in [1.165, 1.54) is 0 Å². The Bertz CT molecular complexity index is 457. The first-order valence-electron chi connectivity index (χ1n) is 4.56. The molecule has 0 aliphatic heterocycles. The average molecular weight is 217 g/mol. The summed E-state index contributed by atoms with van der Waals surface area (Å²) < 4.78 is 0. The summed E-state index contributed by atoms with van der Waals surface area (Å²) in [5.74, 6) is 0. The van der Waals surface area contributed by atoms with Gasteiger partial charge in [0.25, 0.3) is 0 Å². The van der Waals surface area contributed by atoms with E-state index < -0.39 is 0 Å². The maximum Gasteiger partial charge on any atom is 0.116 e. The van der Waals surface area contributed by atoms with Crippen LogP contribution in [0.3, 0.4) is 0 Å². The van der Waals surface area contributed by atoms with Gasteiger partial charge in [0.1, 0.15) is 11.4 Å². The molecule has 3 nitrogen and oxygen atoms in total. The van der Waals surface area contributed by atoms with Gasteiger partial charge in [0.05, 0.1) is 0 Å². The molecule has 0 saturated carbocycles. The minimum atomic E-state index is 0.814. The van der Waals surface area contributed by atoms with Crippen molar-refractivity contribution >= 4 is 17.4 Å². The Hall–Kier alpha value is -1.55. The molecule has 1 heterocycles. The number of nitrogens with two attached hydrogens (primary N) is 1. The van der Waals surface area contributed by atoms with E-state index in [9.17, 15) is 0 Å². The van der Waals surface area contributed by atoms with Gasteiger partial charge >= 0.3 is 0 Å². The van der Waals surface area contributed by atoms with Gasteiger partial charge in [-0.05, 0) is 30.7 Å². The summed E-state index contributed by atoms with van der Waals surface area (Å²) >= 11 is 1.60. The number of rotatable bonds is 2. The van der Waals surface area contributed by atoms with E-state index in [4.69, 9.17) is 5.73 Å². The van der Waals surface area contributed by atoms with Crippen molar-refractivity contribution in [3.8, 4) is 0 Å². The van der Waals surface area contributed by atoms with Crippen LogP contribution in [0.2, 0.25) is 0 Å². The van der Waals surface area contributed by atoms with E-state index in [-0.39, 0.29) is 0 Å². The lowest BCUT2D eigenvalue weighted by atomic mass is 10.2. The molecule has 0 aliphatic rings. The van der Waals surface area contributed by atoms with Crippen LogP contribution in [0.4, 0.5) is 5.69 Å². The second-order valence-corrected chi connectivity index (χ2v) is 4.18. The predicted molar refractivity (Wildman–Crippen MR) is 61.7 cm³/mol. The van der Waals surface area contributed by atoms with Crippen LogP contribution in [0, 0.1) is 6.92 Å². The third kappa shape index (κ3) is 2.27. The summed E-state index contributed by atoms with van der Waals surface area (Å²) in [4.78, 5) is 9.17. The summed E-state index contributed by atoms with van der Waals surface area (Å²) in [7, 11) is 0. The lowest BCUT2D eigenvalue weighted by Crippen LogP contribution is -1.91. The highest BCUT2D eigenvalue weighted by Gasteiger charge is 2.03. The number of hydrogen-bond donors (Lipinski definition) is 1. The molecule has 1 aromatic carbocycles. The van der Waals surface area contributed by atoms with Crippen molar-refractivity contribution in [1.29, 1.82) is 0 Å². The van der Waals surface area contributed by atoms with Crippen LogP contribution in [0.15, 0.2) is 46.7 Å². The molecule has 2 rings (SSSR count). The first-order chi connectivity index (χ1) is 7.27. The van der Waals surface area contributed by atoms with Crippen molar-refractivity contribution in [3.05, 3.63) is 42.4 Å². The van der Waals surface area contributed by atoms with Gasteiger partial charge in [-0.2, -0.15) is 0 Å². The second kappa shape index (κ2) is 4.31. The van der Waals surface area contributed by atoms with Crippen LogP contribution in [-0.2, 0) is 0 Å². The zero-order valence-electron chi connectivity index (χ0n) is 8.34. The fourth-order valence-electron chi connectivity index (χ4n) is 1.19. The van der Waals surface area contributed by atoms with Gasteiger partial charge < -0.3 is 5.73 Å². The smallest absolute Gasteiger partial charge is 0.116 e. The van der Waals surface area contributed by atoms with Crippen LogP contribution in [0.1, 0.15) is 5.56 Å². The molecule has 0 aliphatic carbocycles. The topological polar surface area (TPSA) is 51.8 Å². The predicted octanol–water partition coefficient (Wildman–Crippen LogP) is 2.52. The van der Waals surface area contributed by atoms with E-state index in [1.807, 2.05) is 31.2 Å². The monoisotopic (exact) mass is 217 g/mol. The van der Waals surface area contributed by atoms with Crippen molar-refractivity contribution in [3.63, 3.8) is 0 Å². The van der Waals surface area contributed by atoms with Crippen LogP contribution in [0.5, 0.6) is 0 Å². The summed E-state index contributed by atoms with van der Waals surface area (Å²) in [6, 6.07) is 7.77. The van der Waals surface area contributed by atoms with E-state index in [0.29, 0.717) is 0 Å². The molecular formula is C11H11N3S. The SMILES string of the molecule is Cc1c(N)cccc1Sc1ccncn1. The van der Waals surface area contributed by atoms with Gasteiger partial charge in [-0.15, -0.1) is 0 Å². The highest BCUT2D eigenvalue weighted by Crippen LogP contribution is 2.30. The molecule has 2 N–H and O–H groups in total. The van der Waals surface area contributed by atoms with Gasteiger partial charge in [-0.1, -0.05) is 17.8 Å². The van der Waals surface area contributed by atoms with Crippen molar-refractivity contribution in [1.82, 2.24) is 9.97 Å². The molecule has 0 bridgehead atoms. The summed E-state index contributed by atoms with van der Waals surface area (Å²) in [5, 5.41) is 0.929. The molecule has 0 unspecified atom stereocenters. The molecule has 0 saturated heterocycles. The largest absolute Gasteiger partial charge is 0.398 e. The van der Waals surface area contributed by atoms with Crippen molar-refractivity contribution in [2.24, 2.45) is 0 Å². The Morgan fingerprint density at radius 3 is 2.87 bits per heavy atom. The van der Waals surface area contributed by atoms with Gasteiger partial charge in [0, 0.05) is 16.8 Å². The fraction of sp³-hybridized carbons (Fsp3) is 0.0909. The molecular weight excluding hydrogens is 206 g/mol. The van der Waals surface area contributed by atoms with E-state index in [2.05, 4.69) is 9.97 Å². The molecule has 0 atom stereocenters. The minimum Gasteiger partial charge on any atom is -0.398 e. The fourth-order valence-corrected chi connectivity index (χ4v) is 2.07. The molecule has 0 amide bonds. The van der Waals surface area contributed by atoms with Crippen LogP contribution >= 0.6 is 11.8 Å². The van der Waals surface area contributed by atoms with Crippen LogP contribution in [-0.4, -0.2) is 9.97 Å². The summed E-state index contributed by atoms with van der Waals surface area (Å²) in [6.45, 7) is 2.01. The second-order valence-electron chi connectivity index (χ2n) is 3.12. The Labute approximate surface area is 92.8 Å². The molecule has 76 valence electrons. The minimum absolute atomic E-state index is 0.814. The number of anilines is 1. The van der Waals surface area contributed by atoms with E-state index >= 15 is 0 Å². The van der Waals surface area contributed by atoms with Crippen LogP contribution < -0.4 is 5.73 Å². The van der Waals surface area contributed by atoms with E-state index in [0.717, 1.165) is 21.2 Å². The average Bonchev–Trinajstić information content (AvgIpc) is 2.26. The standard InChI is InChI=1S/C11H11N3S/c1-8-9(12)3-2-4-10(8)15-11-5-6-13-7-14-11/h2-7H,12H2,1H3. The Morgan fingerprint density at radius 2 is 2.13 bits per heavy atom. The molecule has 2 aromatic rings. The van der Waals surface area contributed by atoms with Gasteiger partial charge in [0.2, 0.25) is 0 Å². The maximum atomic E-state index is 5.83. The Kier molecular flexibility index (Phi) is 2.87. The Balaban J connectivity index is 2.29. The molecule has 1 aromatic heterocycles. The van der Waals surface area contributed by atoms with Crippen molar-refractivity contribution in [2.75, 3.05) is 5.73 Å². The quantitative estimate of drug-likeness (QED) is 0.620. The van der Waals surface area contributed by atoms with E-state index in [1.54, 1.807) is 24.3 Å². The number of nitrogen functional groups attached to an aromatic ring is 1. The molecule has 4 heteroatoms. The van der Waals surface area contributed by atoms with Gasteiger partial charge in [-0.3, -0.25) is 0 Å². The van der Waals surface area contributed by atoms with Gasteiger partial charge in [0.15, 0.2) is 0 Å². The van der Waals surface area contributed by atoms with Crippen molar-refractivity contribution < 1.29 is 0 Å². The highest BCUT2D eigenvalue weighted by atomic mass is 32.2. The molecule has 0 radical (unpaired) electrons. The third-order valence-corrected chi connectivity index (χ3v) is 3.21. The number of nitrogens with zero attached hydrogens (tertiary/aromatic N) is 2. The number of hydrogen-bond acceptors (Lipinski definition) is 4. The zero-order chi connectivity index (χ0) is 10.7. The number of benzene rings is 1. The Morgan fingerprint density at radius 1 is 1.27 bits per heavy atom. The highest BCUT2D eigenvalue weighted by molar-refractivity contribution is 7.99. The molecule has 0 fully saturated rings. The summed E-state index contributed by atoms with van der Waals surface area (Å²) in [6.07, 6.45) is 3.28. The zero-order valence-corrected chi connectivity index (χ0v) is 9.16. The van der Waals surface area contributed by atoms with Crippen molar-refractivity contribution in [2.45, 2.75) is 16.8 Å². The molecule has 0 spiro atoms. The third-order valence-electron chi connectivity index (χ3n) is 2.10. The lowest BCUT2D eigenvalue weighted by Gasteiger charge is -2.06. The maximum absolute atomic E-state index is 5.83. The summed E-state index contributed by atoms with van der Waals surface area (Å²) in [5.41, 5.74) is 7.74. The molecule has 15 heavy (non-hydrogen) atoms. The van der Waals surface area contributed by atoms with Crippen LogP contribution in [0.25, 0.3) is 0 Å². The first kappa shape index (κ1) is 9.98. The van der Waals surface area contributed by atoms with Gasteiger partial charge in [-0.25, -0.2) is 9.97 Å².